The molecule has 4 nitrogen and oxygen atoms in total. The molecule has 0 aliphatic heterocycles. The Hall–Kier alpha value is -0.820. The fourth-order valence-corrected chi connectivity index (χ4v) is 0.978. The lowest BCUT2D eigenvalue weighted by Crippen LogP contribution is -2.41. The first-order valence-electron chi connectivity index (χ1n) is 4.44. The summed E-state index contributed by atoms with van der Waals surface area (Å²) in [6.45, 7) is 2.85. The normalized spacial score (nSPS) is 24.9. The maximum absolute atomic E-state index is 10.6. The molecule has 0 spiro atoms. The molecule has 0 amide bonds. The summed E-state index contributed by atoms with van der Waals surface area (Å²) in [6.07, 6.45) is -2.48. The van der Waals surface area contributed by atoms with Crippen LogP contribution >= 0.6 is 0 Å². The van der Waals surface area contributed by atoms with E-state index in [1.165, 1.54) is 0 Å². The number of hydrogen-bond donors (Lipinski definition) is 2. The zero-order valence-corrected chi connectivity index (χ0v) is 8.25. The Bertz CT molecular complexity index is 199. The number of rotatable bonds is 2. The number of carbonyl (C=O) groups is 1. The van der Waals surface area contributed by atoms with Crippen LogP contribution in [0.25, 0.3) is 0 Å². The van der Waals surface area contributed by atoms with Crippen molar-refractivity contribution in [2.45, 2.75) is 38.1 Å². The minimum atomic E-state index is -5.08. The fourth-order valence-electron chi connectivity index (χ4n) is 0.978. The van der Waals surface area contributed by atoms with E-state index in [0.29, 0.717) is 12.1 Å². The average Bonchev–Trinajstić information content (AvgIpc) is 2.01. The van der Waals surface area contributed by atoms with Crippen LogP contribution in [-0.4, -0.2) is 36.0 Å². The van der Waals surface area contributed by atoms with Crippen LogP contribution in [0.1, 0.15) is 19.8 Å². The second-order valence-electron chi connectivity index (χ2n) is 3.11. The van der Waals surface area contributed by atoms with E-state index in [-0.39, 0.29) is 0 Å². The summed E-state index contributed by atoms with van der Waals surface area (Å²) in [5.74, 6) is -2.76. The number of alkyl halides is 3. The monoisotopic (exact) mass is 229 g/mol. The molecule has 0 aromatic carbocycles. The molecular weight excluding hydrogens is 215 g/mol. The summed E-state index contributed by atoms with van der Waals surface area (Å²) >= 11 is 0. The lowest BCUT2D eigenvalue weighted by Gasteiger charge is -2.31. The molecule has 7 heteroatoms. The van der Waals surface area contributed by atoms with Gasteiger partial charge in [0.1, 0.15) is 0 Å². The maximum Gasteiger partial charge on any atom is 0.490 e. The van der Waals surface area contributed by atoms with Crippen LogP contribution in [0.15, 0.2) is 0 Å². The molecule has 0 aromatic heterocycles. The molecule has 15 heavy (non-hydrogen) atoms. The molecule has 1 fully saturated rings. The number of ether oxygens (including phenoxy) is 1. The van der Waals surface area contributed by atoms with Gasteiger partial charge in [-0.05, 0) is 19.8 Å². The topological polar surface area (TPSA) is 72.5 Å². The Labute approximate surface area is 85.2 Å². The summed E-state index contributed by atoms with van der Waals surface area (Å²) in [5.41, 5.74) is 5.52. The van der Waals surface area contributed by atoms with Gasteiger partial charge in [0.15, 0.2) is 0 Å². The largest absolute Gasteiger partial charge is 0.490 e. The molecule has 1 aliphatic carbocycles. The summed E-state index contributed by atoms with van der Waals surface area (Å²) in [4.78, 5) is 8.90. The number of carboxylic acids is 1. The SMILES string of the molecule is CCOC1CC(N)C1.O=C(O)C(F)(F)F. The Morgan fingerprint density at radius 2 is 1.93 bits per heavy atom. The molecule has 0 atom stereocenters. The highest BCUT2D eigenvalue weighted by atomic mass is 19.4. The van der Waals surface area contributed by atoms with Crippen molar-refractivity contribution in [2.75, 3.05) is 6.61 Å². The maximum atomic E-state index is 10.6. The number of hydrogen-bond acceptors (Lipinski definition) is 3. The summed E-state index contributed by atoms with van der Waals surface area (Å²) in [7, 11) is 0. The molecule has 0 aromatic rings. The first-order valence-corrected chi connectivity index (χ1v) is 4.44. The van der Waals surface area contributed by atoms with E-state index in [4.69, 9.17) is 20.4 Å². The van der Waals surface area contributed by atoms with Gasteiger partial charge in [0.05, 0.1) is 6.10 Å². The highest BCUT2D eigenvalue weighted by Crippen LogP contribution is 2.20. The van der Waals surface area contributed by atoms with Crippen LogP contribution in [0.4, 0.5) is 13.2 Å². The van der Waals surface area contributed by atoms with Gasteiger partial charge < -0.3 is 15.6 Å². The van der Waals surface area contributed by atoms with Crippen LogP contribution in [0.5, 0.6) is 0 Å². The molecule has 90 valence electrons. The Kier molecular flexibility index (Phi) is 5.59. The minimum Gasteiger partial charge on any atom is -0.475 e. The van der Waals surface area contributed by atoms with Crippen LogP contribution in [0.3, 0.4) is 0 Å². The predicted octanol–water partition coefficient (Wildman–Crippen LogP) is 1.15. The average molecular weight is 229 g/mol. The Balaban J connectivity index is 0.000000265. The van der Waals surface area contributed by atoms with Crippen LogP contribution in [0, 0.1) is 0 Å². The van der Waals surface area contributed by atoms with E-state index >= 15 is 0 Å². The first-order chi connectivity index (χ1) is 6.77. The third-order valence-corrected chi connectivity index (χ3v) is 1.78. The highest BCUT2D eigenvalue weighted by molar-refractivity contribution is 5.73. The van der Waals surface area contributed by atoms with Crippen LogP contribution in [0.2, 0.25) is 0 Å². The molecule has 1 aliphatic rings. The quantitative estimate of drug-likeness (QED) is 0.744. The number of halogens is 3. The van der Waals surface area contributed by atoms with Gasteiger partial charge in [-0.2, -0.15) is 13.2 Å². The summed E-state index contributed by atoms with van der Waals surface area (Å²) in [5, 5.41) is 7.12. The zero-order chi connectivity index (χ0) is 12.1. The molecule has 0 heterocycles. The lowest BCUT2D eigenvalue weighted by molar-refractivity contribution is -0.192. The first kappa shape index (κ1) is 14.2. The van der Waals surface area contributed by atoms with E-state index in [9.17, 15) is 13.2 Å². The molecule has 0 saturated heterocycles. The molecule has 3 N–H and O–H groups in total. The van der Waals surface area contributed by atoms with E-state index < -0.39 is 12.1 Å². The van der Waals surface area contributed by atoms with Gasteiger partial charge in [-0.15, -0.1) is 0 Å². The van der Waals surface area contributed by atoms with Crippen molar-refractivity contribution in [3.8, 4) is 0 Å². The van der Waals surface area contributed by atoms with E-state index in [1.54, 1.807) is 0 Å². The third kappa shape index (κ3) is 6.29. The number of nitrogens with two attached hydrogens (primary N) is 1. The molecule has 0 radical (unpaired) electrons. The van der Waals surface area contributed by atoms with Crippen molar-refractivity contribution < 1.29 is 27.8 Å². The van der Waals surface area contributed by atoms with Crippen molar-refractivity contribution in [1.82, 2.24) is 0 Å². The zero-order valence-electron chi connectivity index (χ0n) is 8.25. The molecular formula is C8H14F3NO3. The van der Waals surface area contributed by atoms with E-state index in [2.05, 4.69) is 0 Å². The van der Waals surface area contributed by atoms with Crippen molar-refractivity contribution in [3.05, 3.63) is 0 Å². The van der Waals surface area contributed by atoms with Crippen LogP contribution < -0.4 is 5.73 Å². The van der Waals surface area contributed by atoms with Gasteiger partial charge in [0, 0.05) is 12.6 Å². The smallest absolute Gasteiger partial charge is 0.475 e. The second-order valence-corrected chi connectivity index (χ2v) is 3.11. The van der Waals surface area contributed by atoms with E-state index in [0.717, 1.165) is 19.4 Å². The van der Waals surface area contributed by atoms with Crippen molar-refractivity contribution in [3.63, 3.8) is 0 Å². The number of carboxylic acid groups (broad SMARTS) is 1. The van der Waals surface area contributed by atoms with Crippen molar-refractivity contribution >= 4 is 5.97 Å². The van der Waals surface area contributed by atoms with Gasteiger partial charge in [-0.3, -0.25) is 0 Å². The predicted molar refractivity (Wildman–Crippen MR) is 46.3 cm³/mol. The molecule has 1 rings (SSSR count). The summed E-state index contributed by atoms with van der Waals surface area (Å²) in [6, 6.07) is 0.423. The van der Waals surface area contributed by atoms with Crippen molar-refractivity contribution in [1.29, 1.82) is 0 Å². The second kappa shape index (κ2) is 5.92. The van der Waals surface area contributed by atoms with Gasteiger partial charge in [-0.1, -0.05) is 0 Å². The molecule has 0 unspecified atom stereocenters. The molecule has 1 saturated carbocycles. The highest BCUT2D eigenvalue weighted by Gasteiger charge is 2.38. The lowest BCUT2D eigenvalue weighted by atomic mass is 9.90. The van der Waals surface area contributed by atoms with Crippen molar-refractivity contribution in [2.24, 2.45) is 5.73 Å². The fraction of sp³-hybridized carbons (Fsp3) is 0.875. The standard InChI is InChI=1S/C6H13NO.C2HF3O2/c1-2-8-6-3-5(7)4-6;3-2(4,5)1(6)7/h5-6H,2-4,7H2,1H3;(H,6,7). The third-order valence-electron chi connectivity index (χ3n) is 1.78. The van der Waals surface area contributed by atoms with Crippen LogP contribution in [-0.2, 0) is 9.53 Å². The van der Waals surface area contributed by atoms with Gasteiger partial charge >= 0.3 is 12.1 Å². The van der Waals surface area contributed by atoms with Gasteiger partial charge in [0.25, 0.3) is 0 Å². The van der Waals surface area contributed by atoms with E-state index in [1.807, 2.05) is 6.92 Å². The Morgan fingerprint density at radius 1 is 1.53 bits per heavy atom. The minimum absolute atomic E-state index is 0.423. The summed E-state index contributed by atoms with van der Waals surface area (Å²) < 4.78 is 37.0. The number of aliphatic carboxylic acids is 1. The molecule has 0 bridgehead atoms. The van der Waals surface area contributed by atoms with Gasteiger partial charge in [-0.25, -0.2) is 4.79 Å². The Morgan fingerprint density at radius 3 is 2.13 bits per heavy atom. The van der Waals surface area contributed by atoms with Gasteiger partial charge in [0.2, 0.25) is 0 Å².